The zero-order valence-corrected chi connectivity index (χ0v) is 14.4. The van der Waals surface area contributed by atoms with Gasteiger partial charge in [0, 0.05) is 37.8 Å². The second-order valence-electron chi connectivity index (χ2n) is 6.63. The van der Waals surface area contributed by atoms with Gasteiger partial charge < -0.3 is 15.3 Å². The first-order chi connectivity index (χ1) is 12.5. The molecule has 138 valence electrons. The number of phenols is 1. The Balaban J connectivity index is 1.43. The fourth-order valence-electron chi connectivity index (χ4n) is 3.23. The van der Waals surface area contributed by atoms with Crippen LogP contribution in [0, 0.1) is 17.6 Å². The molecule has 0 saturated carbocycles. The van der Waals surface area contributed by atoms with Crippen LogP contribution in [0.5, 0.6) is 5.75 Å². The maximum Gasteiger partial charge on any atom is 0.220 e. The van der Waals surface area contributed by atoms with E-state index in [2.05, 4.69) is 5.32 Å². The van der Waals surface area contributed by atoms with Gasteiger partial charge >= 0.3 is 0 Å². The Bertz CT molecular complexity index is 782. The van der Waals surface area contributed by atoms with Crippen LogP contribution in [0.15, 0.2) is 42.5 Å². The van der Waals surface area contributed by atoms with Crippen LogP contribution in [0.2, 0.25) is 0 Å². The molecule has 2 N–H and O–H groups in total. The van der Waals surface area contributed by atoms with Gasteiger partial charge in [0.25, 0.3) is 0 Å². The van der Waals surface area contributed by atoms with Crippen LogP contribution in [0.25, 0.3) is 0 Å². The van der Waals surface area contributed by atoms with E-state index in [0.29, 0.717) is 31.6 Å². The number of nitrogens with one attached hydrogen (secondary N) is 1. The number of para-hydroxylation sites is 1. The highest BCUT2D eigenvalue weighted by molar-refractivity contribution is 5.76. The standard InChI is InChI=1S/C20H22F2N2O2/c21-17-7-6-16(11-18(17)22)24-10-9-14(13-24)12-23-20(26)8-5-15-3-1-2-4-19(15)25/h1-4,6-7,11,14,25H,5,8-10,12-13H2,(H,23,26). The third-order valence-corrected chi connectivity index (χ3v) is 4.76. The van der Waals surface area contributed by atoms with Crippen LogP contribution < -0.4 is 10.2 Å². The zero-order chi connectivity index (χ0) is 18.5. The van der Waals surface area contributed by atoms with Gasteiger partial charge in [0.2, 0.25) is 5.91 Å². The third-order valence-electron chi connectivity index (χ3n) is 4.76. The number of benzene rings is 2. The maximum atomic E-state index is 13.4. The number of nitrogens with zero attached hydrogens (tertiary/aromatic N) is 1. The van der Waals surface area contributed by atoms with Crippen molar-refractivity contribution in [1.82, 2.24) is 5.32 Å². The average molecular weight is 360 g/mol. The molecule has 1 amide bonds. The fourth-order valence-corrected chi connectivity index (χ4v) is 3.23. The van der Waals surface area contributed by atoms with Gasteiger partial charge in [0.1, 0.15) is 5.75 Å². The number of carbonyl (C=O) groups is 1. The van der Waals surface area contributed by atoms with Crippen LogP contribution >= 0.6 is 0 Å². The molecule has 1 heterocycles. The van der Waals surface area contributed by atoms with E-state index in [0.717, 1.165) is 24.6 Å². The van der Waals surface area contributed by atoms with Crippen molar-refractivity contribution in [2.45, 2.75) is 19.3 Å². The number of carbonyl (C=O) groups excluding carboxylic acids is 1. The molecule has 0 radical (unpaired) electrons. The molecule has 4 nitrogen and oxygen atoms in total. The van der Waals surface area contributed by atoms with Gasteiger partial charge in [-0.05, 0) is 42.5 Å². The highest BCUT2D eigenvalue weighted by Crippen LogP contribution is 2.25. The molecule has 3 rings (SSSR count). The molecule has 6 heteroatoms. The van der Waals surface area contributed by atoms with E-state index < -0.39 is 11.6 Å². The van der Waals surface area contributed by atoms with Gasteiger partial charge in [-0.25, -0.2) is 8.78 Å². The highest BCUT2D eigenvalue weighted by atomic mass is 19.2. The van der Waals surface area contributed by atoms with Crippen LogP contribution in [-0.4, -0.2) is 30.6 Å². The molecule has 26 heavy (non-hydrogen) atoms. The molecule has 2 aromatic rings. The first kappa shape index (κ1) is 18.2. The van der Waals surface area contributed by atoms with E-state index in [-0.39, 0.29) is 17.6 Å². The summed E-state index contributed by atoms with van der Waals surface area (Å²) in [5.74, 6) is -1.26. The largest absolute Gasteiger partial charge is 0.508 e. The Labute approximate surface area is 151 Å². The summed E-state index contributed by atoms with van der Waals surface area (Å²) in [5, 5.41) is 12.6. The van der Waals surface area contributed by atoms with Crippen LogP contribution in [0.1, 0.15) is 18.4 Å². The quantitative estimate of drug-likeness (QED) is 0.832. The highest BCUT2D eigenvalue weighted by Gasteiger charge is 2.23. The van der Waals surface area contributed by atoms with Crippen LogP contribution in [0.4, 0.5) is 14.5 Å². The van der Waals surface area contributed by atoms with Crippen molar-refractivity contribution in [1.29, 1.82) is 0 Å². The smallest absolute Gasteiger partial charge is 0.220 e. The summed E-state index contributed by atoms with van der Waals surface area (Å²) in [4.78, 5) is 14.0. The van der Waals surface area contributed by atoms with Crippen LogP contribution in [-0.2, 0) is 11.2 Å². The van der Waals surface area contributed by atoms with E-state index in [9.17, 15) is 18.7 Å². The lowest BCUT2D eigenvalue weighted by molar-refractivity contribution is -0.121. The lowest BCUT2D eigenvalue weighted by Crippen LogP contribution is -2.31. The van der Waals surface area contributed by atoms with Gasteiger partial charge in [-0.1, -0.05) is 18.2 Å². The average Bonchev–Trinajstić information content (AvgIpc) is 3.10. The summed E-state index contributed by atoms with van der Waals surface area (Å²) in [6, 6.07) is 10.9. The predicted molar refractivity (Wildman–Crippen MR) is 96.1 cm³/mol. The van der Waals surface area contributed by atoms with Gasteiger partial charge in [-0.2, -0.15) is 0 Å². The molecule has 0 spiro atoms. The van der Waals surface area contributed by atoms with Gasteiger partial charge in [0.05, 0.1) is 0 Å². The Kier molecular flexibility index (Phi) is 5.71. The molecule has 0 aromatic heterocycles. The lowest BCUT2D eigenvalue weighted by Gasteiger charge is -2.19. The molecule has 2 aromatic carbocycles. The van der Waals surface area contributed by atoms with Gasteiger partial charge in [-0.3, -0.25) is 4.79 Å². The first-order valence-electron chi connectivity index (χ1n) is 8.76. The number of aryl methyl sites for hydroxylation is 1. The van der Waals surface area contributed by atoms with Crippen molar-refractivity contribution in [3.8, 4) is 5.75 Å². The minimum atomic E-state index is -0.846. The van der Waals surface area contributed by atoms with Crippen LogP contribution in [0.3, 0.4) is 0 Å². The Morgan fingerprint density at radius 2 is 2.00 bits per heavy atom. The van der Waals surface area contributed by atoms with Crippen molar-refractivity contribution in [2.24, 2.45) is 5.92 Å². The Morgan fingerprint density at radius 1 is 1.19 bits per heavy atom. The van der Waals surface area contributed by atoms with Crippen molar-refractivity contribution in [2.75, 3.05) is 24.5 Å². The molecule has 0 bridgehead atoms. The molecule has 1 saturated heterocycles. The van der Waals surface area contributed by atoms with E-state index >= 15 is 0 Å². The minimum Gasteiger partial charge on any atom is -0.508 e. The van der Waals surface area contributed by atoms with Crippen molar-refractivity contribution in [3.63, 3.8) is 0 Å². The number of halogens is 2. The summed E-state index contributed by atoms with van der Waals surface area (Å²) < 4.78 is 26.4. The summed E-state index contributed by atoms with van der Waals surface area (Å²) in [7, 11) is 0. The summed E-state index contributed by atoms with van der Waals surface area (Å²) in [5.41, 5.74) is 1.42. The van der Waals surface area contributed by atoms with E-state index in [4.69, 9.17) is 0 Å². The van der Waals surface area contributed by atoms with Crippen molar-refractivity contribution < 1.29 is 18.7 Å². The Morgan fingerprint density at radius 3 is 2.77 bits per heavy atom. The topological polar surface area (TPSA) is 52.6 Å². The van der Waals surface area contributed by atoms with Crippen molar-refractivity contribution in [3.05, 3.63) is 59.7 Å². The molecule has 1 aliphatic heterocycles. The summed E-state index contributed by atoms with van der Waals surface area (Å²) in [6.45, 7) is 2.01. The molecule has 1 fully saturated rings. The first-order valence-corrected chi connectivity index (χ1v) is 8.76. The number of rotatable bonds is 6. The normalized spacial score (nSPS) is 16.7. The molecular formula is C20H22F2N2O2. The lowest BCUT2D eigenvalue weighted by atomic mass is 10.1. The van der Waals surface area contributed by atoms with Gasteiger partial charge in [0.15, 0.2) is 11.6 Å². The van der Waals surface area contributed by atoms with E-state index in [1.54, 1.807) is 24.3 Å². The Hall–Kier alpha value is -2.63. The number of hydrogen-bond acceptors (Lipinski definition) is 3. The fraction of sp³-hybridized carbons (Fsp3) is 0.350. The third kappa shape index (κ3) is 4.50. The number of aromatic hydroxyl groups is 1. The zero-order valence-electron chi connectivity index (χ0n) is 14.4. The second-order valence-corrected chi connectivity index (χ2v) is 6.63. The van der Waals surface area contributed by atoms with E-state index in [1.165, 1.54) is 6.07 Å². The predicted octanol–water partition coefficient (Wildman–Crippen LogP) is 3.25. The minimum absolute atomic E-state index is 0.0560. The molecular weight excluding hydrogens is 338 g/mol. The number of amides is 1. The second kappa shape index (κ2) is 8.17. The molecule has 0 aliphatic carbocycles. The SMILES string of the molecule is O=C(CCc1ccccc1O)NCC1CCN(c2ccc(F)c(F)c2)C1. The van der Waals surface area contributed by atoms with E-state index in [1.807, 2.05) is 11.0 Å². The molecule has 1 atom stereocenters. The summed E-state index contributed by atoms with van der Waals surface area (Å²) in [6.07, 6.45) is 1.69. The van der Waals surface area contributed by atoms with Crippen molar-refractivity contribution >= 4 is 11.6 Å². The van der Waals surface area contributed by atoms with Gasteiger partial charge in [-0.15, -0.1) is 0 Å². The number of hydrogen-bond donors (Lipinski definition) is 2. The number of anilines is 1. The summed E-state index contributed by atoms with van der Waals surface area (Å²) >= 11 is 0. The maximum absolute atomic E-state index is 13.4. The number of phenolic OH excluding ortho intramolecular Hbond substituents is 1. The molecule has 1 aliphatic rings. The molecule has 1 unspecified atom stereocenters. The monoisotopic (exact) mass is 360 g/mol.